The van der Waals surface area contributed by atoms with Crippen LogP contribution < -0.4 is 4.74 Å². The van der Waals surface area contributed by atoms with Gasteiger partial charge in [-0.2, -0.15) is 0 Å². The van der Waals surface area contributed by atoms with Crippen LogP contribution in [-0.4, -0.2) is 12.5 Å². The normalized spacial score (nSPS) is 25.7. The van der Waals surface area contributed by atoms with Crippen molar-refractivity contribution < 1.29 is 4.74 Å². The molecule has 1 aromatic rings. The van der Waals surface area contributed by atoms with Crippen LogP contribution in [0.5, 0.6) is 5.75 Å². The van der Waals surface area contributed by atoms with Crippen LogP contribution in [-0.2, 0) is 0 Å². The van der Waals surface area contributed by atoms with Gasteiger partial charge >= 0.3 is 0 Å². The van der Waals surface area contributed by atoms with Gasteiger partial charge in [0.2, 0.25) is 0 Å². The van der Waals surface area contributed by atoms with Gasteiger partial charge in [0.25, 0.3) is 0 Å². The van der Waals surface area contributed by atoms with Gasteiger partial charge in [0.05, 0.1) is 6.61 Å². The fourth-order valence-electron chi connectivity index (χ4n) is 3.42. The van der Waals surface area contributed by atoms with Crippen molar-refractivity contribution >= 4 is 11.6 Å². The lowest BCUT2D eigenvalue weighted by atomic mass is 9.69. The molecule has 1 fully saturated rings. The first-order valence-corrected chi connectivity index (χ1v) is 9.05. The Kier molecular flexibility index (Phi) is 6.89. The molecule has 0 aliphatic heterocycles. The van der Waals surface area contributed by atoms with Gasteiger partial charge in [-0.15, -0.1) is 11.6 Å². The Morgan fingerprint density at radius 1 is 1.19 bits per heavy atom. The highest BCUT2D eigenvalue weighted by molar-refractivity contribution is 6.18. The second-order valence-electron chi connectivity index (χ2n) is 6.63. The molecule has 0 amide bonds. The van der Waals surface area contributed by atoms with E-state index < -0.39 is 0 Å². The summed E-state index contributed by atoms with van der Waals surface area (Å²) in [7, 11) is 0. The Bertz CT molecular complexity index is 382. The topological polar surface area (TPSA) is 9.23 Å². The van der Waals surface area contributed by atoms with Crippen molar-refractivity contribution in [3.8, 4) is 5.75 Å². The summed E-state index contributed by atoms with van der Waals surface area (Å²) in [5.74, 6) is 2.70. The average Bonchev–Trinajstić information content (AvgIpc) is 2.55. The van der Waals surface area contributed by atoms with Crippen LogP contribution in [0.1, 0.15) is 58.3 Å². The summed E-state index contributed by atoms with van der Waals surface area (Å²) in [5.41, 5.74) is 0.319. The van der Waals surface area contributed by atoms with Crippen molar-refractivity contribution in [2.45, 2.75) is 58.3 Å². The maximum atomic E-state index is 6.32. The van der Waals surface area contributed by atoms with Crippen molar-refractivity contribution in [3.05, 3.63) is 30.3 Å². The fraction of sp³-hybridized carbons (Fsp3) is 0.684. The van der Waals surface area contributed by atoms with E-state index in [9.17, 15) is 0 Å². The lowest BCUT2D eigenvalue weighted by molar-refractivity contribution is 0.128. The summed E-state index contributed by atoms with van der Waals surface area (Å²) < 4.78 is 5.87. The SMILES string of the molecule is CCCCC1CCC(CCl)(CCOc2ccccc2)CC1. The van der Waals surface area contributed by atoms with Gasteiger partial charge in [0.1, 0.15) is 5.75 Å². The predicted molar refractivity (Wildman–Crippen MR) is 91.2 cm³/mol. The number of rotatable bonds is 8. The molecule has 0 spiro atoms. The third kappa shape index (κ3) is 5.21. The third-order valence-electron chi connectivity index (χ3n) is 5.06. The Balaban J connectivity index is 1.75. The van der Waals surface area contributed by atoms with E-state index >= 15 is 0 Å². The number of ether oxygens (including phenoxy) is 1. The molecule has 1 aliphatic rings. The molecule has 118 valence electrons. The second-order valence-corrected chi connectivity index (χ2v) is 6.90. The predicted octanol–water partition coefficient (Wildman–Crippen LogP) is 6.06. The molecule has 1 nitrogen and oxygen atoms in total. The number of alkyl halides is 1. The van der Waals surface area contributed by atoms with Crippen LogP contribution in [0.4, 0.5) is 0 Å². The maximum absolute atomic E-state index is 6.32. The fourth-order valence-corrected chi connectivity index (χ4v) is 3.82. The molecule has 1 aromatic carbocycles. The molecule has 0 unspecified atom stereocenters. The van der Waals surface area contributed by atoms with E-state index in [1.54, 1.807) is 0 Å². The highest BCUT2D eigenvalue weighted by Crippen LogP contribution is 2.43. The van der Waals surface area contributed by atoms with Gasteiger partial charge in [-0.1, -0.05) is 44.4 Å². The van der Waals surface area contributed by atoms with Crippen molar-refractivity contribution in [2.75, 3.05) is 12.5 Å². The smallest absolute Gasteiger partial charge is 0.119 e. The molecule has 0 N–H and O–H groups in total. The maximum Gasteiger partial charge on any atom is 0.119 e. The van der Waals surface area contributed by atoms with Gasteiger partial charge in [-0.05, 0) is 55.6 Å². The molecular weight excluding hydrogens is 280 g/mol. The first-order valence-electron chi connectivity index (χ1n) is 8.52. The molecule has 0 radical (unpaired) electrons. The van der Waals surface area contributed by atoms with Crippen LogP contribution in [0.15, 0.2) is 30.3 Å². The van der Waals surface area contributed by atoms with Crippen LogP contribution >= 0.6 is 11.6 Å². The standard InChI is InChI=1S/C19H29ClO/c1-2-3-7-17-10-12-19(16-20,13-11-17)14-15-21-18-8-5-4-6-9-18/h4-6,8-9,17H,2-3,7,10-16H2,1H3. The van der Waals surface area contributed by atoms with Crippen molar-refractivity contribution in [2.24, 2.45) is 11.3 Å². The summed E-state index contributed by atoms with van der Waals surface area (Å²) >= 11 is 6.32. The Labute approximate surface area is 135 Å². The molecule has 1 aliphatic carbocycles. The number of unbranched alkanes of at least 4 members (excludes halogenated alkanes) is 1. The quantitative estimate of drug-likeness (QED) is 0.530. The van der Waals surface area contributed by atoms with E-state index in [-0.39, 0.29) is 0 Å². The Hall–Kier alpha value is -0.690. The molecular formula is C19H29ClO. The zero-order valence-electron chi connectivity index (χ0n) is 13.3. The largest absolute Gasteiger partial charge is 0.494 e. The number of hydrogen-bond donors (Lipinski definition) is 0. The second kappa shape index (κ2) is 8.68. The first kappa shape index (κ1) is 16.7. The molecule has 0 saturated heterocycles. The monoisotopic (exact) mass is 308 g/mol. The summed E-state index contributed by atoms with van der Waals surface area (Å²) in [6, 6.07) is 10.1. The van der Waals surface area contributed by atoms with Crippen molar-refractivity contribution in [1.29, 1.82) is 0 Å². The number of para-hydroxylation sites is 1. The lowest BCUT2D eigenvalue weighted by Crippen LogP contribution is -2.31. The molecule has 21 heavy (non-hydrogen) atoms. The van der Waals surface area contributed by atoms with E-state index in [4.69, 9.17) is 16.3 Å². The van der Waals surface area contributed by atoms with E-state index in [1.807, 2.05) is 30.3 Å². The van der Waals surface area contributed by atoms with Crippen LogP contribution in [0.2, 0.25) is 0 Å². The number of benzene rings is 1. The van der Waals surface area contributed by atoms with E-state index in [2.05, 4.69) is 6.92 Å². The van der Waals surface area contributed by atoms with Crippen molar-refractivity contribution in [3.63, 3.8) is 0 Å². The molecule has 0 heterocycles. The first-order chi connectivity index (χ1) is 10.3. The van der Waals surface area contributed by atoms with E-state index in [0.29, 0.717) is 5.41 Å². The molecule has 0 atom stereocenters. The van der Waals surface area contributed by atoms with Crippen LogP contribution in [0.25, 0.3) is 0 Å². The van der Waals surface area contributed by atoms with Gasteiger partial charge in [0.15, 0.2) is 0 Å². The summed E-state index contributed by atoms with van der Waals surface area (Å²) in [6.07, 6.45) is 10.5. The molecule has 0 aromatic heterocycles. The molecule has 2 heteroatoms. The minimum atomic E-state index is 0.319. The number of halogens is 1. The molecule has 0 bridgehead atoms. The summed E-state index contributed by atoms with van der Waals surface area (Å²) in [5, 5.41) is 0. The Morgan fingerprint density at radius 3 is 2.52 bits per heavy atom. The van der Waals surface area contributed by atoms with E-state index in [1.165, 1.54) is 44.9 Å². The lowest BCUT2D eigenvalue weighted by Gasteiger charge is -2.39. The summed E-state index contributed by atoms with van der Waals surface area (Å²) in [6.45, 7) is 3.07. The van der Waals surface area contributed by atoms with Crippen LogP contribution in [0.3, 0.4) is 0 Å². The molecule has 1 saturated carbocycles. The van der Waals surface area contributed by atoms with Crippen molar-refractivity contribution in [1.82, 2.24) is 0 Å². The minimum absolute atomic E-state index is 0.319. The van der Waals surface area contributed by atoms with Crippen LogP contribution in [0, 0.1) is 11.3 Å². The number of hydrogen-bond acceptors (Lipinski definition) is 1. The zero-order chi connectivity index (χ0) is 15.0. The minimum Gasteiger partial charge on any atom is -0.494 e. The zero-order valence-corrected chi connectivity index (χ0v) is 14.1. The highest BCUT2D eigenvalue weighted by Gasteiger charge is 2.34. The third-order valence-corrected chi connectivity index (χ3v) is 5.63. The highest BCUT2D eigenvalue weighted by atomic mass is 35.5. The van der Waals surface area contributed by atoms with E-state index in [0.717, 1.165) is 30.6 Å². The van der Waals surface area contributed by atoms with Gasteiger partial charge < -0.3 is 4.74 Å². The average molecular weight is 309 g/mol. The van der Waals surface area contributed by atoms with Gasteiger partial charge in [-0.25, -0.2) is 0 Å². The Morgan fingerprint density at radius 2 is 1.90 bits per heavy atom. The molecule has 2 rings (SSSR count). The van der Waals surface area contributed by atoms with Gasteiger partial charge in [-0.3, -0.25) is 0 Å². The van der Waals surface area contributed by atoms with Gasteiger partial charge in [0, 0.05) is 5.88 Å². The summed E-state index contributed by atoms with van der Waals surface area (Å²) in [4.78, 5) is 0.